The van der Waals surface area contributed by atoms with Crippen LogP contribution in [-0.2, 0) is 5.41 Å². The molecule has 0 radical (unpaired) electrons. The third kappa shape index (κ3) is 2.09. The van der Waals surface area contributed by atoms with E-state index in [1.54, 1.807) is 12.1 Å². The first-order valence-electron chi connectivity index (χ1n) is 7.26. The fourth-order valence-corrected chi connectivity index (χ4v) is 4.54. The van der Waals surface area contributed by atoms with Gasteiger partial charge in [-0.2, -0.15) is 0 Å². The number of nitrogens with one attached hydrogen (secondary N) is 1. The molecule has 0 aliphatic heterocycles. The van der Waals surface area contributed by atoms with E-state index in [1.165, 1.54) is 19.3 Å². The molecular weight excluding hydrogens is 261 g/mol. The van der Waals surface area contributed by atoms with Crippen LogP contribution < -0.4 is 5.32 Å². The van der Waals surface area contributed by atoms with E-state index < -0.39 is 0 Å². The van der Waals surface area contributed by atoms with Gasteiger partial charge < -0.3 is 5.32 Å². The summed E-state index contributed by atoms with van der Waals surface area (Å²) in [5.74, 6) is -0.139. The maximum absolute atomic E-state index is 14.3. The lowest BCUT2D eigenvalue weighted by Gasteiger charge is -2.61. The summed E-state index contributed by atoms with van der Waals surface area (Å²) in [6.07, 6.45) is 6.14. The number of hydrogen-bond acceptors (Lipinski definition) is 1. The van der Waals surface area contributed by atoms with Gasteiger partial charge in [-0.05, 0) is 49.8 Å². The predicted molar refractivity (Wildman–Crippen MR) is 77.1 cm³/mol. The first-order valence-corrected chi connectivity index (χ1v) is 7.64. The molecule has 2 saturated carbocycles. The van der Waals surface area contributed by atoms with Crippen LogP contribution >= 0.6 is 11.6 Å². The molecule has 0 atom stereocenters. The van der Waals surface area contributed by atoms with Crippen molar-refractivity contribution in [3.63, 3.8) is 0 Å². The molecule has 19 heavy (non-hydrogen) atoms. The monoisotopic (exact) mass is 281 g/mol. The molecule has 2 fully saturated rings. The van der Waals surface area contributed by atoms with Gasteiger partial charge in [0.15, 0.2) is 0 Å². The van der Waals surface area contributed by atoms with Gasteiger partial charge in [-0.3, -0.25) is 0 Å². The molecule has 0 heterocycles. The lowest BCUT2D eigenvalue weighted by atomic mass is 9.43. The van der Waals surface area contributed by atoms with Crippen LogP contribution in [0.3, 0.4) is 0 Å². The van der Waals surface area contributed by atoms with Gasteiger partial charge in [0.2, 0.25) is 0 Å². The van der Waals surface area contributed by atoms with E-state index in [1.807, 2.05) is 6.07 Å². The summed E-state index contributed by atoms with van der Waals surface area (Å²) in [6.45, 7) is 3.85. The van der Waals surface area contributed by atoms with Crippen molar-refractivity contribution in [2.45, 2.75) is 44.4 Å². The topological polar surface area (TPSA) is 12.0 Å². The summed E-state index contributed by atoms with van der Waals surface area (Å²) in [5, 5.41) is 3.99. The zero-order valence-electron chi connectivity index (χ0n) is 11.4. The van der Waals surface area contributed by atoms with Gasteiger partial charge in [0.05, 0.1) is 0 Å². The molecule has 2 aliphatic carbocycles. The van der Waals surface area contributed by atoms with Gasteiger partial charge in [-0.25, -0.2) is 4.39 Å². The average Bonchev–Trinajstić information content (AvgIpc) is 2.28. The van der Waals surface area contributed by atoms with Crippen LogP contribution in [0.1, 0.15) is 44.6 Å². The van der Waals surface area contributed by atoms with Gasteiger partial charge in [0.25, 0.3) is 0 Å². The van der Waals surface area contributed by atoms with E-state index >= 15 is 0 Å². The maximum atomic E-state index is 14.3. The number of rotatable bonds is 4. The van der Waals surface area contributed by atoms with Gasteiger partial charge >= 0.3 is 0 Å². The quantitative estimate of drug-likeness (QED) is 0.868. The molecule has 0 amide bonds. The first-order chi connectivity index (χ1) is 9.11. The highest BCUT2D eigenvalue weighted by atomic mass is 35.5. The Kier molecular flexibility index (Phi) is 3.34. The van der Waals surface area contributed by atoms with Crippen molar-refractivity contribution in [3.8, 4) is 0 Å². The summed E-state index contributed by atoms with van der Waals surface area (Å²) in [4.78, 5) is 0. The zero-order chi connectivity index (χ0) is 13.5. The van der Waals surface area contributed by atoms with Crippen LogP contribution in [-0.4, -0.2) is 13.1 Å². The third-order valence-electron chi connectivity index (χ3n) is 5.05. The highest BCUT2D eigenvalue weighted by Gasteiger charge is 2.58. The molecule has 1 N–H and O–H groups in total. The first kappa shape index (κ1) is 13.4. The second kappa shape index (κ2) is 4.75. The highest BCUT2D eigenvalue weighted by molar-refractivity contribution is 6.31. The van der Waals surface area contributed by atoms with E-state index in [-0.39, 0.29) is 11.2 Å². The normalized spacial score (nSPS) is 22.9. The van der Waals surface area contributed by atoms with Gasteiger partial charge in [-0.1, -0.05) is 31.0 Å². The number of benzene rings is 1. The molecule has 0 unspecified atom stereocenters. The van der Waals surface area contributed by atoms with Crippen molar-refractivity contribution in [3.05, 3.63) is 34.6 Å². The van der Waals surface area contributed by atoms with Crippen LogP contribution in [0.4, 0.5) is 4.39 Å². The molecule has 3 rings (SSSR count). The Morgan fingerprint density at radius 1 is 1.32 bits per heavy atom. The molecule has 1 aromatic rings. The van der Waals surface area contributed by atoms with Crippen molar-refractivity contribution < 1.29 is 4.39 Å². The minimum absolute atomic E-state index is 0.0845. The molecule has 1 spiro atoms. The molecule has 0 aromatic heterocycles. The van der Waals surface area contributed by atoms with Crippen molar-refractivity contribution >= 4 is 11.6 Å². The molecule has 0 saturated heterocycles. The number of hydrogen-bond donors (Lipinski definition) is 1. The van der Waals surface area contributed by atoms with Crippen LogP contribution in [0.5, 0.6) is 0 Å². The summed E-state index contributed by atoms with van der Waals surface area (Å²) in [5.41, 5.74) is 1.16. The van der Waals surface area contributed by atoms with Crippen molar-refractivity contribution in [1.82, 2.24) is 5.32 Å². The second-order valence-electron chi connectivity index (χ2n) is 6.36. The average molecular weight is 282 g/mol. The van der Waals surface area contributed by atoms with Gasteiger partial charge in [0.1, 0.15) is 5.82 Å². The van der Waals surface area contributed by atoms with E-state index in [0.717, 1.165) is 31.5 Å². The van der Waals surface area contributed by atoms with E-state index in [9.17, 15) is 4.39 Å². The van der Waals surface area contributed by atoms with Crippen LogP contribution in [0.2, 0.25) is 5.02 Å². The molecule has 0 bridgehead atoms. The summed E-state index contributed by atoms with van der Waals surface area (Å²) in [7, 11) is 0. The molecule has 1 nitrogen and oxygen atoms in total. The standard InChI is InChI=1S/C16H21ClFN/c1-2-19-11-16(9-15(10-16)7-4-8-15)14-12(17)5-3-6-13(14)18/h3,5-6,19H,2,4,7-11H2,1H3. The Bertz CT molecular complexity index is 453. The smallest absolute Gasteiger partial charge is 0.128 e. The van der Waals surface area contributed by atoms with Crippen molar-refractivity contribution in [2.75, 3.05) is 13.1 Å². The SMILES string of the molecule is CCNCC1(c2c(F)cccc2Cl)CC2(CCC2)C1. The molecule has 1 aromatic carbocycles. The Morgan fingerprint density at radius 2 is 2.05 bits per heavy atom. The van der Waals surface area contributed by atoms with E-state index in [4.69, 9.17) is 11.6 Å². The molecular formula is C16H21ClFN. The van der Waals surface area contributed by atoms with Crippen LogP contribution in [0, 0.1) is 11.2 Å². The second-order valence-corrected chi connectivity index (χ2v) is 6.77. The zero-order valence-corrected chi connectivity index (χ0v) is 12.2. The Labute approximate surface area is 119 Å². The predicted octanol–water partition coefficient (Wildman–Crippen LogP) is 4.29. The fourth-order valence-electron chi connectivity index (χ4n) is 4.17. The lowest BCUT2D eigenvalue weighted by Crippen LogP contribution is -2.57. The lowest BCUT2D eigenvalue weighted by molar-refractivity contribution is -0.0494. The summed E-state index contributed by atoms with van der Waals surface area (Å²) >= 11 is 6.29. The Morgan fingerprint density at radius 3 is 2.58 bits per heavy atom. The van der Waals surface area contributed by atoms with Crippen LogP contribution in [0.15, 0.2) is 18.2 Å². The third-order valence-corrected chi connectivity index (χ3v) is 5.36. The Balaban J connectivity index is 1.91. The fraction of sp³-hybridized carbons (Fsp3) is 0.625. The minimum Gasteiger partial charge on any atom is -0.316 e. The van der Waals surface area contributed by atoms with Crippen LogP contribution in [0.25, 0.3) is 0 Å². The van der Waals surface area contributed by atoms with Gasteiger partial charge in [-0.15, -0.1) is 0 Å². The highest BCUT2D eigenvalue weighted by Crippen LogP contribution is 2.65. The summed E-state index contributed by atoms with van der Waals surface area (Å²) < 4.78 is 14.3. The Hall–Kier alpha value is -0.600. The van der Waals surface area contributed by atoms with Gasteiger partial charge in [0, 0.05) is 22.5 Å². The molecule has 104 valence electrons. The van der Waals surface area contributed by atoms with E-state index in [2.05, 4.69) is 12.2 Å². The number of halogens is 2. The number of likely N-dealkylation sites (N-methyl/N-ethyl adjacent to an activating group) is 1. The largest absolute Gasteiger partial charge is 0.316 e. The van der Waals surface area contributed by atoms with Crippen molar-refractivity contribution in [2.24, 2.45) is 5.41 Å². The summed E-state index contributed by atoms with van der Waals surface area (Å²) in [6, 6.07) is 5.06. The maximum Gasteiger partial charge on any atom is 0.128 e. The minimum atomic E-state index is -0.139. The molecule has 3 heteroatoms. The van der Waals surface area contributed by atoms with E-state index in [0.29, 0.717) is 10.4 Å². The van der Waals surface area contributed by atoms with Crippen molar-refractivity contribution in [1.29, 1.82) is 0 Å². The molecule has 2 aliphatic rings.